The number of benzene rings is 1. The number of ether oxygens (including phenoxy) is 1. The molecule has 5 nitrogen and oxygen atoms in total. The third kappa shape index (κ3) is 4.71. The van der Waals surface area contributed by atoms with E-state index in [0.717, 1.165) is 24.1 Å². The Morgan fingerprint density at radius 3 is 2.43 bits per heavy atom. The summed E-state index contributed by atoms with van der Waals surface area (Å²) < 4.78 is 5.81. The zero-order chi connectivity index (χ0) is 16.8. The molecule has 0 bridgehead atoms. The van der Waals surface area contributed by atoms with Crippen LogP contribution in [0, 0.1) is 19.8 Å². The Morgan fingerprint density at radius 2 is 1.91 bits per heavy atom. The van der Waals surface area contributed by atoms with Gasteiger partial charge in [-0.25, -0.2) is 4.79 Å². The fourth-order valence-electron chi connectivity index (χ4n) is 3.28. The van der Waals surface area contributed by atoms with E-state index in [1.54, 1.807) is 17.0 Å². The second-order valence-electron chi connectivity index (χ2n) is 6.34. The maximum absolute atomic E-state index is 11.2. The molecule has 0 atom stereocenters. The van der Waals surface area contributed by atoms with E-state index < -0.39 is 5.97 Å². The van der Waals surface area contributed by atoms with E-state index in [1.807, 2.05) is 13.8 Å². The van der Waals surface area contributed by atoms with E-state index in [9.17, 15) is 9.59 Å². The van der Waals surface area contributed by atoms with Crippen LogP contribution in [0.2, 0.25) is 0 Å². The van der Waals surface area contributed by atoms with Crippen LogP contribution in [-0.2, 0) is 4.79 Å². The molecule has 1 saturated carbocycles. The molecule has 0 heterocycles. The molecule has 5 heteroatoms. The maximum atomic E-state index is 11.2. The molecule has 23 heavy (non-hydrogen) atoms. The molecule has 0 radical (unpaired) electrons. The number of aryl methyl sites for hydroxylation is 2. The fourth-order valence-corrected chi connectivity index (χ4v) is 3.28. The second-order valence-corrected chi connectivity index (χ2v) is 6.34. The van der Waals surface area contributed by atoms with Crippen molar-refractivity contribution in [2.24, 2.45) is 5.92 Å². The topological polar surface area (TPSA) is 66.8 Å². The van der Waals surface area contributed by atoms with Crippen molar-refractivity contribution in [3.05, 3.63) is 28.8 Å². The number of nitrogens with zero attached hydrogens (tertiary/aromatic N) is 1. The Morgan fingerprint density at radius 1 is 1.30 bits per heavy atom. The maximum Gasteiger partial charge on any atom is 0.335 e. The molecule has 0 unspecified atom stereocenters. The molecule has 1 fully saturated rings. The van der Waals surface area contributed by atoms with Gasteiger partial charge in [-0.05, 0) is 55.9 Å². The van der Waals surface area contributed by atoms with Crippen LogP contribution in [0.3, 0.4) is 0 Å². The van der Waals surface area contributed by atoms with Crippen LogP contribution >= 0.6 is 0 Å². The molecule has 1 aliphatic rings. The fraction of sp³-hybridized carbons (Fsp3) is 0.556. The van der Waals surface area contributed by atoms with Crippen LogP contribution in [0.4, 0.5) is 0 Å². The highest BCUT2D eigenvalue weighted by atomic mass is 16.5. The summed E-state index contributed by atoms with van der Waals surface area (Å²) >= 11 is 0. The number of rotatable bonds is 8. The molecular formula is C18H25NO4. The predicted molar refractivity (Wildman–Crippen MR) is 88.0 cm³/mol. The standard InChI is InChI=1S/C18H25NO4/c1-13-9-16(18(21)22)10-14(2)17(13)23-8-7-19(12-20)11-15-5-3-4-6-15/h9-10,12,15H,3-8,11H2,1-2H3,(H,21,22). The number of carboxylic acid groups (broad SMARTS) is 1. The number of carbonyl (C=O) groups excluding carboxylic acids is 1. The summed E-state index contributed by atoms with van der Waals surface area (Å²) in [5, 5.41) is 9.05. The van der Waals surface area contributed by atoms with Crippen molar-refractivity contribution >= 4 is 12.4 Å². The quantitative estimate of drug-likeness (QED) is 0.748. The number of amides is 1. The van der Waals surface area contributed by atoms with Gasteiger partial charge in [0.2, 0.25) is 6.41 Å². The number of aromatic carboxylic acids is 1. The highest BCUT2D eigenvalue weighted by Crippen LogP contribution is 2.26. The summed E-state index contributed by atoms with van der Waals surface area (Å²) in [5.74, 6) is 0.395. The molecule has 0 saturated heterocycles. The average Bonchev–Trinajstić information content (AvgIpc) is 3.01. The minimum atomic E-state index is -0.938. The molecular weight excluding hydrogens is 294 g/mol. The highest BCUT2D eigenvalue weighted by Gasteiger charge is 2.18. The molecule has 1 aliphatic carbocycles. The third-order valence-electron chi connectivity index (χ3n) is 4.45. The molecule has 0 aliphatic heterocycles. The van der Waals surface area contributed by atoms with Crippen LogP contribution in [0.1, 0.15) is 47.2 Å². The van der Waals surface area contributed by atoms with Crippen LogP contribution in [0.15, 0.2) is 12.1 Å². The Balaban J connectivity index is 1.89. The second kappa shape index (κ2) is 7.99. The normalized spacial score (nSPS) is 14.7. The van der Waals surface area contributed by atoms with Crippen molar-refractivity contribution in [2.75, 3.05) is 19.7 Å². The largest absolute Gasteiger partial charge is 0.491 e. The number of hydrogen-bond acceptors (Lipinski definition) is 3. The lowest BCUT2D eigenvalue weighted by atomic mass is 10.1. The molecule has 1 amide bonds. The van der Waals surface area contributed by atoms with Crippen molar-refractivity contribution in [2.45, 2.75) is 39.5 Å². The zero-order valence-electron chi connectivity index (χ0n) is 13.9. The molecule has 2 rings (SSSR count). The van der Waals surface area contributed by atoms with Gasteiger partial charge in [0.1, 0.15) is 12.4 Å². The van der Waals surface area contributed by atoms with E-state index in [-0.39, 0.29) is 5.56 Å². The van der Waals surface area contributed by atoms with Crippen molar-refractivity contribution < 1.29 is 19.4 Å². The van der Waals surface area contributed by atoms with E-state index >= 15 is 0 Å². The van der Waals surface area contributed by atoms with Gasteiger partial charge in [-0.2, -0.15) is 0 Å². The van der Waals surface area contributed by atoms with Gasteiger partial charge >= 0.3 is 5.97 Å². The number of hydrogen-bond donors (Lipinski definition) is 1. The van der Waals surface area contributed by atoms with E-state index in [1.165, 1.54) is 25.7 Å². The van der Waals surface area contributed by atoms with Gasteiger partial charge in [0.25, 0.3) is 0 Å². The summed E-state index contributed by atoms with van der Waals surface area (Å²) in [4.78, 5) is 24.0. The third-order valence-corrected chi connectivity index (χ3v) is 4.45. The van der Waals surface area contributed by atoms with Crippen molar-refractivity contribution in [1.82, 2.24) is 4.90 Å². The van der Waals surface area contributed by atoms with Gasteiger partial charge in [-0.1, -0.05) is 12.8 Å². The first kappa shape index (κ1) is 17.3. The first-order chi connectivity index (χ1) is 11.0. The zero-order valence-corrected chi connectivity index (χ0v) is 13.9. The first-order valence-electron chi connectivity index (χ1n) is 8.18. The van der Waals surface area contributed by atoms with E-state index in [2.05, 4.69) is 0 Å². The summed E-state index contributed by atoms with van der Waals surface area (Å²) in [5.41, 5.74) is 1.87. The molecule has 126 valence electrons. The summed E-state index contributed by atoms with van der Waals surface area (Å²) in [6.45, 7) is 5.46. The minimum absolute atomic E-state index is 0.267. The molecule has 1 N–H and O–H groups in total. The predicted octanol–water partition coefficient (Wildman–Crippen LogP) is 3.03. The number of carboxylic acids is 1. The van der Waals surface area contributed by atoms with Gasteiger partial charge in [0, 0.05) is 6.54 Å². The Kier molecular flexibility index (Phi) is 6.02. The van der Waals surface area contributed by atoms with Gasteiger partial charge in [0.15, 0.2) is 0 Å². The van der Waals surface area contributed by atoms with Gasteiger partial charge < -0.3 is 14.7 Å². The monoisotopic (exact) mass is 319 g/mol. The van der Waals surface area contributed by atoms with E-state index in [4.69, 9.17) is 9.84 Å². The SMILES string of the molecule is Cc1cc(C(=O)O)cc(C)c1OCCN(C=O)CC1CCCC1. The molecule has 0 spiro atoms. The van der Waals surface area contributed by atoms with Crippen molar-refractivity contribution in [3.8, 4) is 5.75 Å². The Hall–Kier alpha value is -2.04. The summed E-state index contributed by atoms with van der Waals surface area (Å²) in [6.07, 6.45) is 5.85. The average molecular weight is 319 g/mol. The lowest BCUT2D eigenvalue weighted by Gasteiger charge is -2.22. The lowest BCUT2D eigenvalue weighted by Crippen LogP contribution is -2.31. The minimum Gasteiger partial charge on any atom is -0.491 e. The smallest absolute Gasteiger partial charge is 0.335 e. The summed E-state index contributed by atoms with van der Waals surface area (Å²) in [7, 11) is 0. The Labute approximate surface area is 137 Å². The van der Waals surface area contributed by atoms with Gasteiger partial charge in [-0.3, -0.25) is 4.79 Å². The van der Waals surface area contributed by atoms with Gasteiger partial charge in [-0.15, -0.1) is 0 Å². The Bertz CT molecular complexity index is 541. The van der Waals surface area contributed by atoms with Gasteiger partial charge in [0.05, 0.1) is 12.1 Å². The number of carbonyl (C=O) groups is 2. The van der Waals surface area contributed by atoms with Crippen molar-refractivity contribution in [3.63, 3.8) is 0 Å². The molecule has 0 aromatic heterocycles. The summed E-state index contributed by atoms with van der Waals surface area (Å²) in [6, 6.07) is 3.22. The van der Waals surface area contributed by atoms with E-state index in [0.29, 0.717) is 24.8 Å². The van der Waals surface area contributed by atoms with Crippen LogP contribution in [-0.4, -0.2) is 42.1 Å². The van der Waals surface area contributed by atoms with Crippen molar-refractivity contribution in [1.29, 1.82) is 0 Å². The van der Waals surface area contributed by atoms with Crippen LogP contribution in [0.25, 0.3) is 0 Å². The highest BCUT2D eigenvalue weighted by molar-refractivity contribution is 5.88. The van der Waals surface area contributed by atoms with Crippen LogP contribution in [0.5, 0.6) is 5.75 Å². The molecule has 1 aromatic carbocycles. The first-order valence-corrected chi connectivity index (χ1v) is 8.18. The van der Waals surface area contributed by atoms with Crippen LogP contribution < -0.4 is 4.74 Å². The molecule has 1 aromatic rings. The lowest BCUT2D eigenvalue weighted by molar-refractivity contribution is -0.119.